The molecule has 0 atom stereocenters. The fraction of sp³-hybridized carbons (Fsp3) is 0.909. The van der Waals surface area contributed by atoms with Crippen LogP contribution in [-0.2, 0) is 9.53 Å². The third kappa shape index (κ3) is 2.98. The van der Waals surface area contributed by atoms with Gasteiger partial charge in [-0.15, -0.1) is 0 Å². The number of ether oxygens (including phenoxy) is 1. The molecule has 0 heterocycles. The van der Waals surface area contributed by atoms with Gasteiger partial charge in [-0.1, -0.05) is 6.42 Å². The zero-order valence-electron chi connectivity index (χ0n) is 9.43. The van der Waals surface area contributed by atoms with Crippen LogP contribution in [0.15, 0.2) is 0 Å². The molecule has 82 valence electrons. The van der Waals surface area contributed by atoms with E-state index < -0.39 is 5.54 Å². The summed E-state index contributed by atoms with van der Waals surface area (Å²) in [6, 6.07) is 0. The summed E-state index contributed by atoms with van der Waals surface area (Å²) in [6.07, 6.45) is 3.93. The molecule has 0 aromatic heterocycles. The van der Waals surface area contributed by atoms with Crippen LogP contribution in [0.5, 0.6) is 0 Å². The van der Waals surface area contributed by atoms with Gasteiger partial charge in [0.15, 0.2) is 0 Å². The molecular weight excluding hydrogens is 178 g/mol. The molecule has 1 aliphatic carbocycles. The molecule has 0 radical (unpaired) electrons. The van der Waals surface area contributed by atoms with Crippen LogP contribution in [0.2, 0.25) is 0 Å². The van der Waals surface area contributed by atoms with Crippen LogP contribution in [0.3, 0.4) is 0 Å². The van der Waals surface area contributed by atoms with Crippen molar-refractivity contribution >= 4 is 5.97 Å². The topological polar surface area (TPSA) is 38.3 Å². The van der Waals surface area contributed by atoms with Gasteiger partial charge in [-0.05, 0) is 46.1 Å². The second-order valence-electron chi connectivity index (χ2n) is 4.52. The smallest absolute Gasteiger partial charge is 0.325 e. The Morgan fingerprint density at radius 2 is 2.14 bits per heavy atom. The predicted molar refractivity (Wildman–Crippen MR) is 56.1 cm³/mol. The minimum atomic E-state index is -0.536. The normalized spacial score (nSPS) is 17.6. The molecule has 3 heteroatoms. The largest absolute Gasteiger partial charge is 0.465 e. The molecule has 1 saturated carbocycles. The Labute approximate surface area is 86.2 Å². The van der Waals surface area contributed by atoms with Crippen LogP contribution in [0, 0.1) is 5.92 Å². The summed E-state index contributed by atoms with van der Waals surface area (Å²) in [5.74, 6) is 0.614. The summed E-state index contributed by atoms with van der Waals surface area (Å²) >= 11 is 0. The summed E-state index contributed by atoms with van der Waals surface area (Å²) in [7, 11) is 0. The van der Waals surface area contributed by atoms with E-state index in [4.69, 9.17) is 4.74 Å². The molecule has 1 fully saturated rings. The lowest BCUT2D eigenvalue weighted by atomic mass is 9.85. The second kappa shape index (κ2) is 4.78. The first-order chi connectivity index (χ1) is 6.56. The van der Waals surface area contributed by atoms with Gasteiger partial charge >= 0.3 is 5.97 Å². The average Bonchev–Trinajstić information content (AvgIpc) is 2.01. The molecule has 0 aromatic rings. The monoisotopic (exact) mass is 199 g/mol. The van der Waals surface area contributed by atoms with Crippen molar-refractivity contribution in [2.45, 2.75) is 45.6 Å². The number of rotatable bonds is 5. The van der Waals surface area contributed by atoms with Gasteiger partial charge in [0.2, 0.25) is 0 Å². The van der Waals surface area contributed by atoms with E-state index in [1.807, 2.05) is 20.8 Å². The number of esters is 1. The Bertz CT molecular complexity index is 197. The highest BCUT2D eigenvalue weighted by Gasteiger charge is 2.30. The van der Waals surface area contributed by atoms with Gasteiger partial charge in [-0.2, -0.15) is 0 Å². The molecule has 0 aliphatic heterocycles. The maximum atomic E-state index is 11.5. The quantitative estimate of drug-likeness (QED) is 0.685. The van der Waals surface area contributed by atoms with Crippen LogP contribution < -0.4 is 5.32 Å². The minimum Gasteiger partial charge on any atom is -0.465 e. The summed E-state index contributed by atoms with van der Waals surface area (Å²) in [5.41, 5.74) is -0.536. The van der Waals surface area contributed by atoms with E-state index in [-0.39, 0.29) is 5.97 Å². The molecule has 0 spiro atoms. The van der Waals surface area contributed by atoms with Gasteiger partial charge in [0.1, 0.15) is 5.54 Å². The average molecular weight is 199 g/mol. The maximum absolute atomic E-state index is 11.5. The SMILES string of the molecule is CCOC(=O)C(C)(C)NCC1CCC1. The van der Waals surface area contributed by atoms with Crippen molar-refractivity contribution in [3.8, 4) is 0 Å². The Morgan fingerprint density at radius 3 is 2.57 bits per heavy atom. The first-order valence-corrected chi connectivity index (χ1v) is 5.48. The van der Waals surface area contributed by atoms with E-state index in [0.717, 1.165) is 12.5 Å². The zero-order valence-corrected chi connectivity index (χ0v) is 9.43. The fourth-order valence-corrected chi connectivity index (χ4v) is 1.48. The molecule has 1 N–H and O–H groups in total. The van der Waals surface area contributed by atoms with Gasteiger partial charge in [0.05, 0.1) is 6.61 Å². The highest BCUT2D eigenvalue weighted by atomic mass is 16.5. The lowest BCUT2D eigenvalue weighted by Crippen LogP contribution is -2.50. The Morgan fingerprint density at radius 1 is 1.50 bits per heavy atom. The van der Waals surface area contributed by atoms with Crippen molar-refractivity contribution in [3.05, 3.63) is 0 Å². The van der Waals surface area contributed by atoms with E-state index in [0.29, 0.717) is 6.61 Å². The van der Waals surface area contributed by atoms with Crippen molar-refractivity contribution < 1.29 is 9.53 Å². The van der Waals surface area contributed by atoms with Crippen molar-refractivity contribution in [3.63, 3.8) is 0 Å². The Balaban J connectivity index is 2.27. The standard InChI is InChI=1S/C11H21NO2/c1-4-14-10(13)11(2,3)12-8-9-6-5-7-9/h9,12H,4-8H2,1-3H3. The van der Waals surface area contributed by atoms with Gasteiger partial charge in [0.25, 0.3) is 0 Å². The fourth-order valence-electron chi connectivity index (χ4n) is 1.48. The minimum absolute atomic E-state index is 0.153. The molecule has 0 aromatic carbocycles. The number of hydrogen-bond donors (Lipinski definition) is 1. The zero-order chi connectivity index (χ0) is 10.6. The van der Waals surface area contributed by atoms with Crippen LogP contribution in [0.4, 0.5) is 0 Å². The molecule has 1 aliphatic rings. The predicted octanol–water partition coefficient (Wildman–Crippen LogP) is 1.72. The molecule has 0 amide bonds. The molecule has 1 rings (SSSR count). The van der Waals surface area contributed by atoms with Crippen LogP contribution in [0.25, 0.3) is 0 Å². The van der Waals surface area contributed by atoms with Crippen molar-refractivity contribution in [2.75, 3.05) is 13.2 Å². The summed E-state index contributed by atoms with van der Waals surface area (Å²) in [4.78, 5) is 11.5. The van der Waals surface area contributed by atoms with Crippen LogP contribution >= 0.6 is 0 Å². The van der Waals surface area contributed by atoms with E-state index >= 15 is 0 Å². The number of hydrogen-bond acceptors (Lipinski definition) is 3. The highest BCUT2D eigenvalue weighted by molar-refractivity contribution is 5.79. The lowest BCUT2D eigenvalue weighted by molar-refractivity contribution is -0.149. The molecular formula is C11H21NO2. The van der Waals surface area contributed by atoms with Crippen LogP contribution in [0.1, 0.15) is 40.0 Å². The van der Waals surface area contributed by atoms with Gasteiger partial charge in [0, 0.05) is 0 Å². The Hall–Kier alpha value is -0.570. The van der Waals surface area contributed by atoms with Crippen LogP contribution in [-0.4, -0.2) is 24.7 Å². The molecule has 3 nitrogen and oxygen atoms in total. The molecule has 0 unspecified atom stereocenters. The summed E-state index contributed by atoms with van der Waals surface area (Å²) < 4.78 is 4.99. The van der Waals surface area contributed by atoms with Gasteiger partial charge < -0.3 is 10.1 Å². The molecule has 0 bridgehead atoms. The summed E-state index contributed by atoms with van der Waals surface area (Å²) in [6.45, 7) is 6.98. The van der Waals surface area contributed by atoms with Gasteiger partial charge in [-0.3, -0.25) is 4.79 Å². The second-order valence-corrected chi connectivity index (χ2v) is 4.52. The van der Waals surface area contributed by atoms with E-state index in [1.165, 1.54) is 19.3 Å². The number of carbonyl (C=O) groups excluding carboxylic acids is 1. The van der Waals surface area contributed by atoms with Crippen molar-refractivity contribution in [1.82, 2.24) is 5.32 Å². The van der Waals surface area contributed by atoms with Gasteiger partial charge in [-0.25, -0.2) is 0 Å². The first kappa shape index (κ1) is 11.5. The van der Waals surface area contributed by atoms with Crippen molar-refractivity contribution in [1.29, 1.82) is 0 Å². The Kier molecular flexibility index (Phi) is 3.93. The summed E-state index contributed by atoms with van der Waals surface area (Å²) in [5, 5.41) is 3.27. The number of carbonyl (C=O) groups is 1. The van der Waals surface area contributed by atoms with E-state index in [9.17, 15) is 4.79 Å². The molecule has 0 saturated heterocycles. The van der Waals surface area contributed by atoms with E-state index in [1.54, 1.807) is 0 Å². The first-order valence-electron chi connectivity index (χ1n) is 5.48. The van der Waals surface area contributed by atoms with E-state index in [2.05, 4.69) is 5.32 Å². The third-order valence-corrected chi connectivity index (χ3v) is 2.84. The highest BCUT2D eigenvalue weighted by Crippen LogP contribution is 2.25. The maximum Gasteiger partial charge on any atom is 0.325 e. The van der Waals surface area contributed by atoms with Crippen molar-refractivity contribution in [2.24, 2.45) is 5.92 Å². The third-order valence-electron chi connectivity index (χ3n) is 2.84. The molecule has 14 heavy (non-hydrogen) atoms. The lowest BCUT2D eigenvalue weighted by Gasteiger charge is -2.31. The number of nitrogens with one attached hydrogen (secondary N) is 1.